The summed E-state index contributed by atoms with van der Waals surface area (Å²) in [6, 6.07) is 15.0. The number of rotatable bonds is 4. The van der Waals surface area contributed by atoms with Crippen molar-refractivity contribution >= 4 is 22.6 Å². The summed E-state index contributed by atoms with van der Waals surface area (Å²) in [6.45, 7) is 2.28. The smallest absolute Gasteiger partial charge is 0.314 e. The second-order valence-corrected chi connectivity index (χ2v) is 7.75. The molecule has 0 spiro atoms. The van der Waals surface area contributed by atoms with E-state index >= 15 is 0 Å². The fraction of sp³-hybridized carbons (Fsp3) is 0.348. The van der Waals surface area contributed by atoms with Crippen LogP contribution in [0.1, 0.15) is 43.5 Å². The van der Waals surface area contributed by atoms with Gasteiger partial charge in [-0.15, -0.1) is 0 Å². The highest BCUT2D eigenvalue weighted by molar-refractivity contribution is 5.89. The minimum absolute atomic E-state index is 0.144. The first-order valence-electron chi connectivity index (χ1n) is 10.2. The van der Waals surface area contributed by atoms with E-state index in [0.29, 0.717) is 16.7 Å². The fourth-order valence-corrected chi connectivity index (χ4v) is 4.05. The lowest BCUT2D eigenvalue weighted by Gasteiger charge is -2.34. The van der Waals surface area contributed by atoms with E-state index in [-0.39, 0.29) is 24.2 Å². The minimum Gasteiger partial charge on any atom is -0.314 e. The maximum Gasteiger partial charge on any atom is 0.322 e. The molecule has 0 atom stereocenters. The molecule has 4 rings (SSSR count). The van der Waals surface area contributed by atoms with Crippen LogP contribution >= 0.6 is 0 Å². The van der Waals surface area contributed by atoms with E-state index in [1.54, 1.807) is 6.07 Å². The summed E-state index contributed by atoms with van der Waals surface area (Å²) >= 11 is 0. The van der Waals surface area contributed by atoms with Crippen molar-refractivity contribution in [2.75, 3.05) is 5.32 Å². The number of fused-ring (bicyclic) bond motifs is 1. The van der Waals surface area contributed by atoms with Gasteiger partial charge in [-0.3, -0.25) is 4.79 Å². The number of hydrogen-bond donors (Lipinski definition) is 2. The molecule has 1 aliphatic carbocycles. The van der Waals surface area contributed by atoms with Crippen molar-refractivity contribution in [3.05, 3.63) is 70.3 Å². The summed E-state index contributed by atoms with van der Waals surface area (Å²) in [5, 5.41) is 3.58. The average molecular weight is 390 g/mol. The largest absolute Gasteiger partial charge is 0.322 e. The van der Waals surface area contributed by atoms with Crippen molar-refractivity contribution < 1.29 is 4.79 Å². The van der Waals surface area contributed by atoms with Crippen molar-refractivity contribution in [3.63, 3.8) is 0 Å². The Morgan fingerprint density at radius 2 is 1.93 bits per heavy atom. The molecule has 1 aliphatic rings. The Bertz CT molecular complexity index is 1070. The van der Waals surface area contributed by atoms with Crippen LogP contribution in [-0.2, 0) is 6.54 Å². The molecule has 0 unspecified atom stereocenters. The van der Waals surface area contributed by atoms with Gasteiger partial charge in [0.25, 0.3) is 5.56 Å². The summed E-state index contributed by atoms with van der Waals surface area (Å²) in [5.74, 6) is 0.513. The first-order chi connectivity index (χ1) is 14.1. The molecular weight excluding hydrogens is 364 g/mol. The van der Waals surface area contributed by atoms with Crippen LogP contribution in [0, 0.1) is 6.92 Å². The summed E-state index contributed by atoms with van der Waals surface area (Å²) in [4.78, 5) is 34.9. The summed E-state index contributed by atoms with van der Waals surface area (Å²) in [5.41, 5.74) is 2.34. The number of aromatic nitrogens is 2. The molecule has 29 heavy (non-hydrogen) atoms. The van der Waals surface area contributed by atoms with Crippen molar-refractivity contribution in [3.8, 4) is 0 Å². The van der Waals surface area contributed by atoms with Gasteiger partial charge >= 0.3 is 6.03 Å². The molecule has 1 fully saturated rings. The number of aromatic amines is 1. The van der Waals surface area contributed by atoms with Crippen molar-refractivity contribution in [1.82, 2.24) is 14.9 Å². The van der Waals surface area contributed by atoms with Gasteiger partial charge in [0.05, 0.1) is 17.4 Å². The molecule has 0 aliphatic heterocycles. The molecule has 2 amide bonds. The topological polar surface area (TPSA) is 78.1 Å². The van der Waals surface area contributed by atoms with E-state index in [9.17, 15) is 9.59 Å². The number of urea groups is 1. The van der Waals surface area contributed by atoms with Crippen LogP contribution in [0.4, 0.5) is 10.5 Å². The first-order valence-corrected chi connectivity index (χ1v) is 10.2. The van der Waals surface area contributed by atoms with Crippen LogP contribution in [0.15, 0.2) is 53.3 Å². The third kappa shape index (κ3) is 4.47. The van der Waals surface area contributed by atoms with Crippen LogP contribution in [0.2, 0.25) is 0 Å². The van der Waals surface area contributed by atoms with Gasteiger partial charge in [-0.25, -0.2) is 9.78 Å². The third-order valence-corrected chi connectivity index (χ3v) is 5.53. The molecular formula is C23H26N4O2. The highest BCUT2D eigenvalue weighted by Gasteiger charge is 2.26. The van der Waals surface area contributed by atoms with Crippen LogP contribution in [-0.4, -0.2) is 26.9 Å². The van der Waals surface area contributed by atoms with Crippen LogP contribution in [0.3, 0.4) is 0 Å². The Morgan fingerprint density at radius 3 is 2.72 bits per heavy atom. The molecule has 1 heterocycles. The van der Waals surface area contributed by atoms with Crippen molar-refractivity contribution in [1.29, 1.82) is 0 Å². The molecule has 0 radical (unpaired) electrons. The molecule has 6 nitrogen and oxygen atoms in total. The SMILES string of the molecule is Cc1cccc(NC(=O)N(Cc2nc3ccccc3c(=O)[nH]2)C2CCCCC2)c1. The van der Waals surface area contributed by atoms with E-state index in [4.69, 9.17) is 0 Å². The zero-order valence-corrected chi connectivity index (χ0v) is 16.6. The third-order valence-electron chi connectivity index (χ3n) is 5.53. The van der Waals surface area contributed by atoms with E-state index < -0.39 is 0 Å². The number of carbonyl (C=O) groups is 1. The van der Waals surface area contributed by atoms with Gasteiger partial charge in [0.1, 0.15) is 5.82 Å². The number of nitrogens with one attached hydrogen (secondary N) is 2. The number of carbonyl (C=O) groups excluding carboxylic acids is 1. The molecule has 1 aromatic heterocycles. The highest BCUT2D eigenvalue weighted by Crippen LogP contribution is 2.25. The lowest BCUT2D eigenvalue weighted by atomic mass is 9.94. The number of amides is 2. The number of H-pyrrole nitrogens is 1. The zero-order chi connectivity index (χ0) is 20.2. The number of nitrogens with zero attached hydrogens (tertiary/aromatic N) is 2. The Hall–Kier alpha value is -3.15. The summed E-state index contributed by atoms with van der Waals surface area (Å²) in [6.07, 6.45) is 5.37. The predicted molar refractivity (Wildman–Crippen MR) is 115 cm³/mol. The second-order valence-electron chi connectivity index (χ2n) is 7.75. The van der Waals surface area contributed by atoms with Gasteiger partial charge in [0, 0.05) is 11.7 Å². The maximum absolute atomic E-state index is 13.2. The van der Waals surface area contributed by atoms with Crippen LogP contribution in [0.25, 0.3) is 10.9 Å². The van der Waals surface area contributed by atoms with E-state index in [2.05, 4.69) is 15.3 Å². The highest BCUT2D eigenvalue weighted by atomic mass is 16.2. The van der Waals surface area contributed by atoms with Gasteiger partial charge in [-0.2, -0.15) is 0 Å². The second kappa shape index (κ2) is 8.47. The molecule has 6 heteroatoms. The zero-order valence-electron chi connectivity index (χ0n) is 16.6. The Kier molecular flexibility index (Phi) is 5.60. The van der Waals surface area contributed by atoms with E-state index in [0.717, 1.165) is 36.9 Å². The molecule has 3 aromatic rings. The minimum atomic E-state index is -0.173. The first kappa shape index (κ1) is 19.2. The van der Waals surface area contributed by atoms with Gasteiger partial charge in [0.2, 0.25) is 0 Å². The number of hydrogen-bond acceptors (Lipinski definition) is 3. The quantitative estimate of drug-likeness (QED) is 0.683. The van der Waals surface area contributed by atoms with Gasteiger partial charge < -0.3 is 15.2 Å². The average Bonchev–Trinajstić information content (AvgIpc) is 2.73. The number of benzene rings is 2. The molecule has 2 aromatic carbocycles. The molecule has 0 bridgehead atoms. The number of anilines is 1. The molecule has 2 N–H and O–H groups in total. The van der Waals surface area contributed by atoms with Gasteiger partial charge in [-0.1, -0.05) is 43.5 Å². The van der Waals surface area contributed by atoms with Crippen molar-refractivity contribution in [2.45, 2.75) is 51.6 Å². The lowest BCUT2D eigenvalue weighted by Crippen LogP contribution is -2.44. The summed E-state index contributed by atoms with van der Waals surface area (Å²) < 4.78 is 0. The Labute approximate surface area is 170 Å². The lowest BCUT2D eigenvalue weighted by molar-refractivity contribution is 0.160. The summed E-state index contributed by atoms with van der Waals surface area (Å²) in [7, 11) is 0. The molecule has 0 saturated heterocycles. The van der Waals surface area contributed by atoms with Gasteiger partial charge in [-0.05, 0) is 49.6 Å². The van der Waals surface area contributed by atoms with Crippen molar-refractivity contribution in [2.24, 2.45) is 0 Å². The maximum atomic E-state index is 13.2. The van der Waals surface area contributed by atoms with Crippen LogP contribution < -0.4 is 10.9 Å². The van der Waals surface area contributed by atoms with Gasteiger partial charge in [0.15, 0.2) is 0 Å². The van der Waals surface area contributed by atoms with Crippen LogP contribution in [0.5, 0.6) is 0 Å². The Balaban J connectivity index is 1.62. The normalized spacial score (nSPS) is 14.7. The monoisotopic (exact) mass is 390 g/mol. The molecule has 1 saturated carbocycles. The number of aryl methyl sites for hydroxylation is 1. The number of para-hydroxylation sites is 1. The van der Waals surface area contributed by atoms with E-state index in [1.165, 1.54) is 6.42 Å². The Morgan fingerprint density at radius 1 is 1.14 bits per heavy atom. The predicted octanol–water partition coefficient (Wildman–Crippen LogP) is 4.60. The van der Waals surface area contributed by atoms with E-state index in [1.807, 2.05) is 54.3 Å². The fourth-order valence-electron chi connectivity index (χ4n) is 4.05. The molecule has 150 valence electrons. The standard InChI is InChI=1S/C23H26N4O2/c1-16-8-7-9-17(14-16)24-23(29)27(18-10-3-2-4-11-18)15-21-25-20-13-6-5-12-19(20)22(28)26-21/h5-9,12-14,18H,2-4,10-11,15H2,1H3,(H,24,29)(H,25,26,28).